The van der Waals surface area contributed by atoms with Gasteiger partial charge in [-0.15, -0.1) is 18.3 Å². The van der Waals surface area contributed by atoms with Crippen molar-refractivity contribution < 1.29 is 13.6 Å². The largest absolute Gasteiger partial charge is 0.480 e. The maximum Gasteiger partial charge on any atom is 0.480 e. The van der Waals surface area contributed by atoms with Crippen LogP contribution in [0, 0.1) is 0 Å². The van der Waals surface area contributed by atoms with Crippen molar-refractivity contribution in [2.24, 2.45) is 0 Å². The van der Waals surface area contributed by atoms with Crippen molar-refractivity contribution in [1.29, 1.82) is 0 Å². The molecule has 0 saturated carbocycles. The first kappa shape index (κ1) is 18.8. The second-order valence-corrected chi connectivity index (χ2v) is 9.04. The van der Waals surface area contributed by atoms with Crippen LogP contribution in [-0.4, -0.2) is 9.69 Å². The van der Waals surface area contributed by atoms with Crippen LogP contribution in [0.25, 0.3) is 0 Å². The molecule has 2 rings (SSSR count). The fraction of sp³-hybridized carbons (Fsp3) is 0.167. The molecule has 24 heavy (non-hydrogen) atoms. The molecule has 0 spiro atoms. The topological polar surface area (TPSA) is 35.5 Å². The number of benzene rings is 2. The van der Waals surface area contributed by atoms with E-state index in [1.54, 1.807) is 24.3 Å². The van der Waals surface area contributed by atoms with Crippen LogP contribution in [-0.2, 0) is 4.57 Å². The minimum absolute atomic E-state index is 0.235. The fourth-order valence-electron chi connectivity index (χ4n) is 1.80. The quantitative estimate of drug-likeness (QED) is 0.221. The standard InChI is InChI=1S/C18H19O3PS2/c1-2-3-10-15-24-18(23)22(19,20-16-11-6-4-7-12-16)21-17-13-8-5-9-14-17/h2,4-9,11-14H,1,3,10,15H2. The number of thioether (sulfide) groups is 1. The van der Waals surface area contributed by atoms with E-state index < -0.39 is 7.60 Å². The van der Waals surface area contributed by atoms with Crippen molar-refractivity contribution in [3.63, 3.8) is 0 Å². The third kappa shape index (κ3) is 5.82. The molecule has 3 nitrogen and oxygen atoms in total. The molecule has 0 amide bonds. The number of thiocarbonyl (C=S) groups is 1. The molecule has 6 heteroatoms. The molecule has 0 N–H and O–H groups in total. The highest BCUT2D eigenvalue weighted by molar-refractivity contribution is 8.35. The van der Waals surface area contributed by atoms with Crippen molar-refractivity contribution in [1.82, 2.24) is 0 Å². The Hall–Kier alpha value is -1.55. The highest BCUT2D eigenvalue weighted by Gasteiger charge is 2.34. The van der Waals surface area contributed by atoms with E-state index >= 15 is 0 Å². The van der Waals surface area contributed by atoms with Gasteiger partial charge in [0.2, 0.25) is 0 Å². The van der Waals surface area contributed by atoms with Gasteiger partial charge in [-0.3, -0.25) is 0 Å². The second kappa shape index (κ2) is 9.67. The zero-order valence-corrected chi connectivity index (χ0v) is 15.7. The molecule has 0 aliphatic heterocycles. The van der Waals surface area contributed by atoms with E-state index in [-0.39, 0.29) is 3.94 Å². The van der Waals surface area contributed by atoms with Crippen molar-refractivity contribution in [2.75, 3.05) is 5.75 Å². The Labute approximate surface area is 152 Å². The van der Waals surface area contributed by atoms with Gasteiger partial charge in [0.15, 0.2) is 3.94 Å². The van der Waals surface area contributed by atoms with Crippen LogP contribution in [0.4, 0.5) is 0 Å². The molecule has 0 unspecified atom stereocenters. The third-order valence-corrected chi connectivity index (χ3v) is 7.11. The van der Waals surface area contributed by atoms with Gasteiger partial charge in [-0.1, -0.05) is 54.7 Å². The van der Waals surface area contributed by atoms with Gasteiger partial charge in [0.05, 0.1) is 0 Å². The lowest BCUT2D eigenvalue weighted by atomic mass is 10.3. The molecule has 0 atom stereocenters. The number of unbranched alkanes of at least 4 members (excludes halogenated alkanes) is 1. The van der Waals surface area contributed by atoms with Crippen molar-refractivity contribution >= 4 is 35.5 Å². The number of allylic oxidation sites excluding steroid dienone is 1. The molecule has 2 aromatic rings. The first-order valence-corrected chi connectivity index (χ1v) is 10.5. The van der Waals surface area contributed by atoms with E-state index in [9.17, 15) is 4.57 Å². The number of hydrogen-bond acceptors (Lipinski definition) is 5. The summed E-state index contributed by atoms with van der Waals surface area (Å²) < 4.78 is 24.9. The minimum Gasteiger partial charge on any atom is -0.412 e. The molecule has 2 aromatic carbocycles. The van der Waals surface area contributed by atoms with Gasteiger partial charge < -0.3 is 9.05 Å². The van der Waals surface area contributed by atoms with Gasteiger partial charge in [0.25, 0.3) is 0 Å². The summed E-state index contributed by atoms with van der Waals surface area (Å²) in [5.74, 6) is 1.67. The Balaban J connectivity index is 2.15. The predicted molar refractivity (Wildman–Crippen MR) is 106 cm³/mol. The zero-order chi connectivity index (χ0) is 17.3. The van der Waals surface area contributed by atoms with Gasteiger partial charge in [-0.2, -0.15) is 0 Å². The summed E-state index contributed by atoms with van der Waals surface area (Å²) in [5, 5.41) is 0. The number of hydrogen-bond donors (Lipinski definition) is 0. The zero-order valence-electron chi connectivity index (χ0n) is 13.2. The monoisotopic (exact) mass is 378 g/mol. The summed E-state index contributed by atoms with van der Waals surface area (Å²) in [6.07, 6.45) is 3.65. The molecule has 0 saturated heterocycles. The molecule has 0 aliphatic carbocycles. The predicted octanol–water partition coefficient (Wildman–Crippen LogP) is 6.32. The fourth-order valence-corrected chi connectivity index (χ4v) is 4.87. The summed E-state index contributed by atoms with van der Waals surface area (Å²) in [6.45, 7) is 3.69. The Kier molecular flexibility index (Phi) is 7.57. The van der Waals surface area contributed by atoms with E-state index in [0.717, 1.165) is 18.6 Å². The summed E-state index contributed by atoms with van der Waals surface area (Å²) in [6, 6.07) is 17.9. The number of para-hydroxylation sites is 2. The third-order valence-electron chi connectivity index (χ3n) is 2.94. The first-order chi connectivity index (χ1) is 11.6. The van der Waals surface area contributed by atoms with Crippen LogP contribution in [0.3, 0.4) is 0 Å². The van der Waals surface area contributed by atoms with Crippen molar-refractivity contribution in [2.45, 2.75) is 12.8 Å². The molecular formula is C18H19O3PS2. The van der Waals surface area contributed by atoms with Gasteiger partial charge in [-0.25, -0.2) is 4.57 Å². The molecule has 0 heterocycles. The molecule has 0 radical (unpaired) electrons. The smallest absolute Gasteiger partial charge is 0.412 e. The van der Waals surface area contributed by atoms with Gasteiger partial charge in [-0.05, 0) is 42.9 Å². The van der Waals surface area contributed by atoms with Crippen LogP contribution in [0.15, 0.2) is 73.3 Å². The Morgan fingerprint density at radius 2 is 1.54 bits per heavy atom. The van der Waals surface area contributed by atoms with E-state index in [4.69, 9.17) is 21.3 Å². The number of rotatable bonds is 9. The van der Waals surface area contributed by atoms with E-state index in [0.29, 0.717) is 11.5 Å². The molecule has 0 aromatic heterocycles. The van der Waals surface area contributed by atoms with E-state index in [1.165, 1.54) is 11.8 Å². The van der Waals surface area contributed by atoms with Crippen LogP contribution in [0.5, 0.6) is 11.5 Å². The molecule has 0 aliphatic rings. The van der Waals surface area contributed by atoms with Crippen LogP contribution >= 0.6 is 31.6 Å². The highest BCUT2D eigenvalue weighted by atomic mass is 32.2. The molecule has 0 fully saturated rings. The van der Waals surface area contributed by atoms with Gasteiger partial charge in [0.1, 0.15) is 11.5 Å². The van der Waals surface area contributed by atoms with E-state index in [1.807, 2.05) is 42.5 Å². The lowest BCUT2D eigenvalue weighted by Crippen LogP contribution is -2.08. The summed E-state index contributed by atoms with van der Waals surface area (Å²) in [5.41, 5.74) is 0. The SMILES string of the molecule is C=CCCCSC(=S)P(=O)(Oc1ccccc1)Oc1ccccc1. The highest BCUT2D eigenvalue weighted by Crippen LogP contribution is 2.53. The van der Waals surface area contributed by atoms with E-state index in [2.05, 4.69) is 6.58 Å². The first-order valence-electron chi connectivity index (χ1n) is 7.51. The average molecular weight is 378 g/mol. The minimum atomic E-state index is -3.63. The molecular weight excluding hydrogens is 359 g/mol. The van der Waals surface area contributed by atoms with Crippen LogP contribution < -0.4 is 9.05 Å². The van der Waals surface area contributed by atoms with Crippen LogP contribution in [0.1, 0.15) is 12.8 Å². The molecule has 0 bridgehead atoms. The van der Waals surface area contributed by atoms with Crippen molar-refractivity contribution in [3.8, 4) is 11.5 Å². The lowest BCUT2D eigenvalue weighted by molar-refractivity contribution is 0.404. The van der Waals surface area contributed by atoms with Gasteiger partial charge >= 0.3 is 7.60 Å². The average Bonchev–Trinajstić information content (AvgIpc) is 2.60. The Morgan fingerprint density at radius 1 is 1.04 bits per heavy atom. The maximum atomic E-state index is 13.3. The summed E-state index contributed by atoms with van der Waals surface area (Å²) in [7, 11) is -3.63. The Bertz CT molecular complexity index is 659. The second-order valence-electron chi connectivity index (χ2n) is 4.85. The molecule has 126 valence electrons. The van der Waals surface area contributed by atoms with Gasteiger partial charge in [0, 0.05) is 0 Å². The Morgan fingerprint density at radius 3 is 2.00 bits per heavy atom. The normalized spacial score (nSPS) is 10.8. The summed E-state index contributed by atoms with van der Waals surface area (Å²) >= 11 is 6.69. The summed E-state index contributed by atoms with van der Waals surface area (Å²) in [4.78, 5) is 0. The lowest BCUT2D eigenvalue weighted by Gasteiger charge is -2.20. The van der Waals surface area contributed by atoms with Crippen LogP contribution in [0.2, 0.25) is 0 Å². The maximum absolute atomic E-state index is 13.3. The van der Waals surface area contributed by atoms with Crippen molar-refractivity contribution in [3.05, 3.63) is 73.3 Å².